The largest absolute Gasteiger partial charge is 0.106 e. The molecular weight excluding hydrogens is 143 g/mol. The van der Waals surface area contributed by atoms with Gasteiger partial charge in [-0.15, -0.1) is 0 Å². The molecule has 2 rings (SSSR count). The van der Waals surface area contributed by atoms with Gasteiger partial charge < -0.3 is 0 Å². The van der Waals surface area contributed by atoms with Crippen molar-refractivity contribution in [3.8, 4) is 0 Å². The fourth-order valence-corrected chi connectivity index (χ4v) is 2.78. The highest BCUT2D eigenvalue weighted by atomic mass is 14.3. The van der Waals surface area contributed by atoms with Gasteiger partial charge in [-0.3, -0.25) is 0 Å². The first-order chi connectivity index (χ1) is 5.77. The molecule has 0 radical (unpaired) electrons. The molecule has 0 nitrogen and oxygen atoms in total. The highest BCUT2D eigenvalue weighted by Gasteiger charge is 2.26. The molecule has 0 aromatic heterocycles. The van der Waals surface area contributed by atoms with Crippen molar-refractivity contribution in [2.24, 2.45) is 11.8 Å². The molecule has 2 unspecified atom stereocenters. The molecule has 1 heteroatoms. The minimum atomic E-state index is 0.926. The molecule has 0 aromatic carbocycles. The molecule has 0 N–H and O–H groups in total. The monoisotopic (exact) mass is 162 g/mol. The van der Waals surface area contributed by atoms with Gasteiger partial charge in [0, 0.05) is 0 Å². The number of hydrogen-bond acceptors (Lipinski definition) is 0. The molecule has 2 aliphatic rings. The van der Waals surface area contributed by atoms with Crippen LogP contribution in [0.3, 0.4) is 0 Å². The van der Waals surface area contributed by atoms with E-state index in [4.69, 9.17) is 0 Å². The first-order valence-corrected chi connectivity index (χ1v) is 5.47. The molecule has 2 bridgehead atoms. The SMILES string of the molecule is BC1C2C=C(CCC[C@H]1C)CC2. The summed E-state index contributed by atoms with van der Waals surface area (Å²) in [6, 6.07) is 0. The molecule has 0 aromatic rings. The molecule has 0 saturated heterocycles. The molecule has 66 valence electrons. The molecular formula is C11H19B. The molecule has 0 spiro atoms. The summed E-state index contributed by atoms with van der Waals surface area (Å²) < 4.78 is 0. The lowest BCUT2D eigenvalue weighted by atomic mass is 9.67. The van der Waals surface area contributed by atoms with E-state index in [1.807, 2.05) is 0 Å². The van der Waals surface area contributed by atoms with Crippen LogP contribution in [0, 0.1) is 11.8 Å². The van der Waals surface area contributed by atoms with Crippen LogP contribution in [-0.4, -0.2) is 7.85 Å². The Labute approximate surface area is 76.8 Å². The molecule has 2 aliphatic carbocycles. The molecule has 12 heavy (non-hydrogen) atoms. The van der Waals surface area contributed by atoms with E-state index in [0.717, 1.165) is 17.7 Å². The third-order valence-electron chi connectivity index (χ3n) is 3.98. The van der Waals surface area contributed by atoms with E-state index in [1.165, 1.54) is 32.1 Å². The van der Waals surface area contributed by atoms with E-state index in [-0.39, 0.29) is 0 Å². The Hall–Kier alpha value is -0.195. The second-order valence-corrected chi connectivity index (χ2v) is 4.76. The van der Waals surface area contributed by atoms with Crippen molar-refractivity contribution < 1.29 is 0 Å². The zero-order valence-electron chi connectivity index (χ0n) is 8.34. The smallest absolute Gasteiger partial charge is 0.0826 e. The van der Waals surface area contributed by atoms with E-state index in [1.54, 1.807) is 5.57 Å². The Bertz CT molecular complexity index is 195. The fraction of sp³-hybridized carbons (Fsp3) is 0.818. The van der Waals surface area contributed by atoms with Crippen molar-refractivity contribution in [1.29, 1.82) is 0 Å². The van der Waals surface area contributed by atoms with Crippen LogP contribution < -0.4 is 0 Å². The normalized spacial score (nSPS) is 41.8. The maximum atomic E-state index is 2.58. The van der Waals surface area contributed by atoms with Crippen LogP contribution in [0.5, 0.6) is 0 Å². The van der Waals surface area contributed by atoms with Crippen molar-refractivity contribution in [2.75, 3.05) is 0 Å². The quantitative estimate of drug-likeness (QED) is 0.379. The summed E-state index contributed by atoms with van der Waals surface area (Å²) in [6.07, 6.45) is 9.72. The van der Waals surface area contributed by atoms with Crippen molar-refractivity contribution in [3.05, 3.63) is 11.6 Å². The average molecular weight is 162 g/mol. The Morgan fingerprint density at radius 1 is 1.33 bits per heavy atom. The highest BCUT2D eigenvalue weighted by Crippen LogP contribution is 2.41. The van der Waals surface area contributed by atoms with Gasteiger partial charge in [0.05, 0.1) is 0 Å². The molecule has 0 saturated carbocycles. The van der Waals surface area contributed by atoms with E-state index in [2.05, 4.69) is 20.8 Å². The summed E-state index contributed by atoms with van der Waals surface area (Å²) in [7, 11) is 2.44. The van der Waals surface area contributed by atoms with Gasteiger partial charge in [-0.1, -0.05) is 30.8 Å². The van der Waals surface area contributed by atoms with E-state index in [9.17, 15) is 0 Å². The maximum Gasteiger partial charge on any atom is 0.106 e. The molecule has 0 heterocycles. The van der Waals surface area contributed by atoms with Crippen LogP contribution in [0.2, 0.25) is 5.82 Å². The number of hydrogen-bond donors (Lipinski definition) is 0. The lowest BCUT2D eigenvalue weighted by Crippen LogP contribution is -2.14. The van der Waals surface area contributed by atoms with Crippen LogP contribution in [0.15, 0.2) is 11.6 Å². The Kier molecular flexibility index (Phi) is 2.30. The second kappa shape index (κ2) is 3.28. The first kappa shape index (κ1) is 8.41. The zero-order chi connectivity index (χ0) is 8.55. The van der Waals surface area contributed by atoms with Crippen molar-refractivity contribution >= 4 is 7.85 Å². The second-order valence-electron chi connectivity index (χ2n) is 4.76. The standard InChI is InChI=1S/C11H19B/c1-8-3-2-4-9-5-6-10(7-9)11(8)12/h7-8,10-11H,2-6,12H2,1H3/t8-,10?,11?/m1/s1. The fourth-order valence-electron chi connectivity index (χ4n) is 2.78. The van der Waals surface area contributed by atoms with Gasteiger partial charge in [-0.25, -0.2) is 0 Å². The lowest BCUT2D eigenvalue weighted by Gasteiger charge is -2.25. The average Bonchev–Trinajstić information content (AvgIpc) is 2.50. The first-order valence-electron chi connectivity index (χ1n) is 5.47. The van der Waals surface area contributed by atoms with Gasteiger partial charge >= 0.3 is 0 Å². The third kappa shape index (κ3) is 1.46. The summed E-state index contributed by atoms with van der Waals surface area (Å²) in [5.41, 5.74) is 1.76. The van der Waals surface area contributed by atoms with Crippen LogP contribution >= 0.6 is 0 Å². The van der Waals surface area contributed by atoms with E-state index < -0.39 is 0 Å². The summed E-state index contributed by atoms with van der Waals surface area (Å²) in [6.45, 7) is 2.43. The number of fused-ring (bicyclic) bond motifs is 1. The lowest BCUT2D eigenvalue weighted by molar-refractivity contribution is 0.411. The Morgan fingerprint density at radius 2 is 2.17 bits per heavy atom. The Balaban J connectivity index is 2.13. The molecule has 0 amide bonds. The molecule has 0 aliphatic heterocycles. The summed E-state index contributed by atoms with van der Waals surface area (Å²) >= 11 is 0. The predicted molar refractivity (Wildman–Crippen MR) is 56.1 cm³/mol. The summed E-state index contributed by atoms with van der Waals surface area (Å²) in [4.78, 5) is 0. The minimum absolute atomic E-state index is 0.926. The molecule has 0 fully saturated rings. The third-order valence-corrected chi connectivity index (χ3v) is 3.98. The van der Waals surface area contributed by atoms with Gasteiger partial charge in [-0.2, -0.15) is 0 Å². The molecule has 3 atom stereocenters. The van der Waals surface area contributed by atoms with Crippen molar-refractivity contribution in [3.63, 3.8) is 0 Å². The van der Waals surface area contributed by atoms with Crippen molar-refractivity contribution in [1.82, 2.24) is 0 Å². The van der Waals surface area contributed by atoms with Gasteiger partial charge in [0.2, 0.25) is 0 Å². The van der Waals surface area contributed by atoms with Crippen LogP contribution in [0.4, 0.5) is 0 Å². The number of rotatable bonds is 0. The minimum Gasteiger partial charge on any atom is -0.0826 e. The van der Waals surface area contributed by atoms with E-state index in [0.29, 0.717) is 0 Å². The summed E-state index contributed by atoms with van der Waals surface area (Å²) in [5, 5.41) is 0. The zero-order valence-corrected chi connectivity index (χ0v) is 8.34. The maximum absolute atomic E-state index is 2.58. The van der Waals surface area contributed by atoms with Gasteiger partial charge in [0.1, 0.15) is 7.85 Å². The Morgan fingerprint density at radius 3 is 3.00 bits per heavy atom. The van der Waals surface area contributed by atoms with Gasteiger partial charge in [-0.05, 0) is 37.5 Å². The van der Waals surface area contributed by atoms with Crippen molar-refractivity contribution in [2.45, 2.75) is 44.8 Å². The highest BCUT2D eigenvalue weighted by molar-refractivity contribution is 6.12. The summed E-state index contributed by atoms with van der Waals surface area (Å²) in [5.74, 6) is 2.81. The van der Waals surface area contributed by atoms with E-state index >= 15 is 0 Å². The van der Waals surface area contributed by atoms with Gasteiger partial charge in [0.15, 0.2) is 0 Å². The van der Waals surface area contributed by atoms with Crippen LogP contribution in [0.25, 0.3) is 0 Å². The van der Waals surface area contributed by atoms with Crippen LogP contribution in [-0.2, 0) is 0 Å². The van der Waals surface area contributed by atoms with Gasteiger partial charge in [0.25, 0.3) is 0 Å². The topological polar surface area (TPSA) is 0 Å². The van der Waals surface area contributed by atoms with Crippen LogP contribution in [0.1, 0.15) is 39.0 Å². The number of allylic oxidation sites excluding steroid dienone is 2. The predicted octanol–water partition coefficient (Wildman–Crippen LogP) is 2.56.